The Kier molecular flexibility index (Phi) is 4.35. The molecular weight excluding hydrogens is 340 g/mol. The third-order valence-corrected chi connectivity index (χ3v) is 3.85. The van der Waals surface area contributed by atoms with Crippen molar-refractivity contribution in [2.45, 2.75) is 52.0 Å². The molecule has 9 heteroatoms. The first kappa shape index (κ1) is 18.1. The fraction of sp³-hybridized carbons (Fsp3) is 0.529. The van der Waals surface area contributed by atoms with Crippen LogP contribution in [0.2, 0.25) is 0 Å². The first-order chi connectivity index (χ1) is 12.1. The Balaban J connectivity index is 1.82. The van der Waals surface area contributed by atoms with E-state index in [1.165, 1.54) is 4.90 Å². The van der Waals surface area contributed by atoms with Crippen molar-refractivity contribution in [1.29, 1.82) is 0 Å². The molecule has 2 aromatic rings. The maximum atomic E-state index is 12.7. The van der Waals surface area contributed by atoms with Crippen LogP contribution in [-0.2, 0) is 14.3 Å². The summed E-state index contributed by atoms with van der Waals surface area (Å²) in [5.74, 6) is -0.683. The molecule has 0 aliphatic carbocycles. The standard InChI is InChI=1S/C17H22N4O5/c1-16(2,3)25-15(23)20-13(10-24-17(20,4)5)14(22)26-21-12-9-7-6-8-11(12)18-19-21/h6-9,13H,10H2,1-5H3/t13-/m0/s1. The molecule has 1 fully saturated rings. The normalized spacial score (nSPS) is 19.6. The highest BCUT2D eigenvalue weighted by Crippen LogP contribution is 2.29. The zero-order valence-electron chi connectivity index (χ0n) is 15.4. The van der Waals surface area contributed by atoms with Gasteiger partial charge in [-0.05, 0) is 52.0 Å². The van der Waals surface area contributed by atoms with Gasteiger partial charge in [-0.15, -0.1) is 5.10 Å². The quantitative estimate of drug-likeness (QED) is 0.751. The molecule has 26 heavy (non-hydrogen) atoms. The lowest BCUT2D eigenvalue weighted by Crippen LogP contribution is -2.53. The van der Waals surface area contributed by atoms with Crippen molar-refractivity contribution in [2.75, 3.05) is 6.61 Å². The molecule has 0 bridgehead atoms. The fourth-order valence-electron chi connectivity index (χ4n) is 2.69. The Hall–Kier alpha value is -2.68. The summed E-state index contributed by atoms with van der Waals surface area (Å²) < 4.78 is 11.0. The summed E-state index contributed by atoms with van der Waals surface area (Å²) in [5.41, 5.74) is -0.571. The minimum atomic E-state index is -1.00. The number of aromatic nitrogens is 3. The van der Waals surface area contributed by atoms with E-state index in [0.717, 1.165) is 4.85 Å². The third kappa shape index (κ3) is 3.48. The molecule has 3 rings (SSSR count). The largest absolute Gasteiger partial charge is 0.444 e. The summed E-state index contributed by atoms with van der Waals surface area (Å²) in [6, 6.07) is 6.11. The van der Waals surface area contributed by atoms with E-state index >= 15 is 0 Å². The average Bonchev–Trinajstić information content (AvgIpc) is 3.06. The Morgan fingerprint density at radius 1 is 1.27 bits per heavy atom. The molecule has 1 aromatic carbocycles. The summed E-state index contributed by atoms with van der Waals surface area (Å²) in [5, 5.41) is 7.75. The van der Waals surface area contributed by atoms with E-state index in [4.69, 9.17) is 14.3 Å². The second kappa shape index (κ2) is 6.24. The Bertz CT molecular complexity index is 839. The number of hydrogen-bond donors (Lipinski definition) is 0. The fourth-order valence-corrected chi connectivity index (χ4v) is 2.69. The molecule has 0 N–H and O–H groups in total. The molecule has 1 aliphatic rings. The van der Waals surface area contributed by atoms with Gasteiger partial charge >= 0.3 is 12.1 Å². The van der Waals surface area contributed by atoms with Crippen LogP contribution < -0.4 is 4.84 Å². The molecule has 1 atom stereocenters. The number of carbonyl (C=O) groups excluding carboxylic acids is 2. The second-order valence-corrected chi connectivity index (χ2v) is 7.49. The number of benzene rings is 1. The molecule has 0 radical (unpaired) electrons. The van der Waals surface area contributed by atoms with E-state index in [9.17, 15) is 9.59 Å². The lowest BCUT2D eigenvalue weighted by molar-refractivity contribution is -0.151. The Labute approximate surface area is 150 Å². The highest BCUT2D eigenvalue weighted by atomic mass is 16.7. The van der Waals surface area contributed by atoms with Crippen LogP contribution in [0.25, 0.3) is 11.0 Å². The number of amides is 1. The molecule has 0 unspecified atom stereocenters. The van der Waals surface area contributed by atoms with Crippen molar-refractivity contribution in [3.63, 3.8) is 0 Å². The van der Waals surface area contributed by atoms with Gasteiger partial charge in [-0.2, -0.15) is 0 Å². The van der Waals surface area contributed by atoms with Gasteiger partial charge in [0, 0.05) is 0 Å². The van der Waals surface area contributed by atoms with E-state index in [1.807, 2.05) is 0 Å². The SMILES string of the molecule is CC(C)(C)OC(=O)N1[C@H](C(=O)On2nnc3ccccc32)COC1(C)C. The number of rotatable bonds is 2. The number of nitrogens with zero attached hydrogens (tertiary/aromatic N) is 4. The zero-order valence-corrected chi connectivity index (χ0v) is 15.4. The number of hydrogen-bond acceptors (Lipinski definition) is 7. The van der Waals surface area contributed by atoms with Gasteiger partial charge < -0.3 is 14.3 Å². The Morgan fingerprint density at radius 3 is 2.65 bits per heavy atom. The maximum Gasteiger partial charge on any atom is 0.413 e. The summed E-state index contributed by atoms with van der Waals surface area (Å²) in [6.07, 6.45) is -0.648. The van der Waals surface area contributed by atoms with Crippen molar-refractivity contribution in [3.05, 3.63) is 24.3 Å². The van der Waals surface area contributed by atoms with Crippen LogP contribution in [0.5, 0.6) is 0 Å². The van der Waals surface area contributed by atoms with Gasteiger partial charge in [0.05, 0.1) is 6.61 Å². The van der Waals surface area contributed by atoms with Gasteiger partial charge in [-0.3, -0.25) is 4.90 Å². The smallest absolute Gasteiger partial charge is 0.413 e. The van der Waals surface area contributed by atoms with Crippen molar-refractivity contribution >= 4 is 23.1 Å². The van der Waals surface area contributed by atoms with E-state index in [1.54, 1.807) is 58.9 Å². The third-order valence-electron chi connectivity index (χ3n) is 3.85. The second-order valence-electron chi connectivity index (χ2n) is 7.49. The van der Waals surface area contributed by atoms with Crippen LogP contribution >= 0.6 is 0 Å². The molecule has 0 spiro atoms. The summed E-state index contributed by atoms with van der Waals surface area (Å²) in [7, 11) is 0. The molecular formula is C17H22N4O5. The summed E-state index contributed by atoms with van der Waals surface area (Å²) in [4.78, 5) is 32.9. The molecule has 1 saturated heterocycles. The lowest BCUT2D eigenvalue weighted by atomic mass is 10.2. The van der Waals surface area contributed by atoms with E-state index in [-0.39, 0.29) is 6.61 Å². The van der Waals surface area contributed by atoms with Crippen LogP contribution in [-0.4, -0.2) is 56.1 Å². The molecule has 2 heterocycles. The monoisotopic (exact) mass is 362 g/mol. The molecule has 140 valence electrons. The number of para-hydroxylation sites is 1. The van der Waals surface area contributed by atoms with Gasteiger partial charge in [0.25, 0.3) is 0 Å². The van der Waals surface area contributed by atoms with Crippen molar-refractivity contribution in [1.82, 2.24) is 20.1 Å². The number of fused-ring (bicyclic) bond motifs is 1. The van der Waals surface area contributed by atoms with Crippen molar-refractivity contribution in [3.8, 4) is 0 Å². The van der Waals surface area contributed by atoms with Gasteiger partial charge in [0.2, 0.25) is 0 Å². The van der Waals surface area contributed by atoms with Gasteiger partial charge in [-0.25, -0.2) is 9.59 Å². The van der Waals surface area contributed by atoms with Crippen LogP contribution in [0.15, 0.2) is 24.3 Å². The van der Waals surface area contributed by atoms with Crippen molar-refractivity contribution in [2.24, 2.45) is 0 Å². The number of carbonyl (C=O) groups is 2. The summed E-state index contributed by atoms with van der Waals surface area (Å²) in [6.45, 7) is 8.64. The highest BCUT2D eigenvalue weighted by molar-refractivity contribution is 5.83. The van der Waals surface area contributed by atoms with Gasteiger partial charge in [0.15, 0.2) is 6.04 Å². The maximum absolute atomic E-state index is 12.7. The first-order valence-electron chi connectivity index (χ1n) is 8.27. The zero-order chi connectivity index (χ0) is 19.1. The molecule has 0 saturated carbocycles. The van der Waals surface area contributed by atoms with Gasteiger partial charge in [0.1, 0.15) is 22.4 Å². The van der Waals surface area contributed by atoms with Crippen LogP contribution in [0.4, 0.5) is 4.79 Å². The van der Waals surface area contributed by atoms with Gasteiger partial charge in [-0.1, -0.05) is 17.0 Å². The van der Waals surface area contributed by atoms with Crippen LogP contribution in [0.3, 0.4) is 0 Å². The van der Waals surface area contributed by atoms with E-state index in [2.05, 4.69) is 10.3 Å². The van der Waals surface area contributed by atoms with Crippen LogP contribution in [0.1, 0.15) is 34.6 Å². The molecule has 9 nitrogen and oxygen atoms in total. The minimum Gasteiger partial charge on any atom is -0.444 e. The number of ether oxygens (including phenoxy) is 2. The van der Waals surface area contributed by atoms with Crippen LogP contribution in [0, 0.1) is 0 Å². The predicted molar refractivity (Wildman–Crippen MR) is 91.0 cm³/mol. The summed E-state index contributed by atoms with van der Waals surface area (Å²) >= 11 is 0. The Morgan fingerprint density at radius 2 is 1.96 bits per heavy atom. The average molecular weight is 362 g/mol. The van der Waals surface area contributed by atoms with Crippen molar-refractivity contribution < 1.29 is 23.9 Å². The predicted octanol–water partition coefficient (Wildman–Crippen LogP) is 1.76. The molecule has 1 aliphatic heterocycles. The topological polar surface area (TPSA) is 95.8 Å². The first-order valence-corrected chi connectivity index (χ1v) is 8.27. The lowest BCUT2D eigenvalue weighted by Gasteiger charge is -2.34. The molecule has 1 aromatic heterocycles. The minimum absolute atomic E-state index is 0.00228. The highest BCUT2D eigenvalue weighted by Gasteiger charge is 2.50. The van der Waals surface area contributed by atoms with E-state index < -0.39 is 29.4 Å². The molecule has 1 amide bonds. The van der Waals surface area contributed by atoms with E-state index in [0.29, 0.717) is 11.0 Å².